The Morgan fingerprint density at radius 2 is 1.58 bits per heavy atom. The first kappa shape index (κ1) is 17.5. The van der Waals surface area contributed by atoms with Gasteiger partial charge in [0.25, 0.3) is 0 Å². The fourth-order valence-corrected chi connectivity index (χ4v) is 2.46. The number of para-hydroxylation sites is 2. The lowest BCUT2D eigenvalue weighted by Crippen LogP contribution is -2.09. The molecule has 0 aromatic heterocycles. The average molecular weight is 326 g/mol. The minimum atomic E-state index is -0.0764. The largest absolute Gasteiger partial charge is 0.504 e. The van der Waals surface area contributed by atoms with Crippen molar-refractivity contribution >= 4 is 5.57 Å². The van der Waals surface area contributed by atoms with E-state index in [1.165, 1.54) is 12.1 Å². The summed E-state index contributed by atoms with van der Waals surface area (Å²) in [5.41, 5.74) is 3.87. The Hall–Kier alpha value is -2.88. The van der Waals surface area contributed by atoms with Crippen LogP contribution in [0.1, 0.15) is 30.5 Å². The molecule has 1 heterocycles. The van der Waals surface area contributed by atoms with Crippen LogP contribution in [0.2, 0.25) is 0 Å². The monoisotopic (exact) mass is 326 g/mol. The molecule has 3 N–H and O–H groups in total. The van der Waals surface area contributed by atoms with Crippen molar-refractivity contribution in [3.05, 3.63) is 71.2 Å². The molecule has 2 aromatic carbocycles. The second-order valence-electron chi connectivity index (χ2n) is 5.63. The summed E-state index contributed by atoms with van der Waals surface area (Å²) < 4.78 is 5.66. The molecule has 0 unspecified atom stereocenters. The first-order valence-corrected chi connectivity index (χ1v) is 7.73. The Labute approximate surface area is 142 Å². The standard InChI is InChI=1S/C14H16O2.C6H6O2/c1-5-11-6-8(2)7-12-9(3)13(15)10(4)16-14(11)12;7-5-3-1-2-4-6(5)8/h6-7,15H,3,5H2,1-2,4H3;1-4,7-8H. The van der Waals surface area contributed by atoms with Crippen molar-refractivity contribution in [1.29, 1.82) is 0 Å². The highest BCUT2D eigenvalue weighted by Crippen LogP contribution is 2.39. The smallest absolute Gasteiger partial charge is 0.161 e. The van der Waals surface area contributed by atoms with Gasteiger partial charge in [-0.25, -0.2) is 0 Å². The molecule has 0 saturated heterocycles. The van der Waals surface area contributed by atoms with Crippen LogP contribution in [0.25, 0.3) is 5.57 Å². The van der Waals surface area contributed by atoms with Gasteiger partial charge in [0.1, 0.15) is 11.5 Å². The van der Waals surface area contributed by atoms with Gasteiger partial charge in [-0.05, 0) is 49.6 Å². The van der Waals surface area contributed by atoms with E-state index in [2.05, 4.69) is 19.6 Å². The van der Waals surface area contributed by atoms with Crippen LogP contribution < -0.4 is 4.74 Å². The fraction of sp³-hybridized carbons (Fsp3) is 0.200. The molecular formula is C20H22O4. The van der Waals surface area contributed by atoms with Crippen molar-refractivity contribution in [2.24, 2.45) is 0 Å². The second-order valence-corrected chi connectivity index (χ2v) is 5.63. The highest BCUT2D eigenvalue weighted by molar-refractivity contribution is 5.82. The molecule has 1 aliphatic heterocycles. The molecular weight excluding hydrogens is 304 g/mol. The molecule has 4 heteroatoms. The van der Waals surface area contributed by atoms with Crippen molar-refractivity contribution in [3.8, 4) is 17.2 Å². The van der Waals surface area contributed by atoms with Crippen molar-refractivity contribution in [2.75, 3.05) is 0 Å². The second kappa shape index (κ2) is 7.13. The third-order valence-electron chi connectivity index (χ3n) is 3.77. The Balaban J connectivity index is 0.000000219. The number of phenols is 2. The van der Waals surface area contributed by atoms with Gasteiger partial charge in [0, 0.05) is 11.1 Å². The number of ether oxygens (including phenoxy) is 1. The number of rotatable bonds is 1. The van der Waals surface area contributed by atoms with E-state index < -0.39 is 0 Å². The van der Waals surface area contributed by atoms with Gasteiger partial charge >= 0.3 is 0 Å². The lowest BCUT2D eigenvalue weighted by Gasteiger charge is -2.23. The highest BCUT2D eigenvalue weighted by atomic mass is 16.5. The maximum atomic E-state index is 9.80. The topological polar surface area (TPSA) is 69.9 Å². The van der Waals surface area contributed by atoms with Gasteiger partial charge in [0.05, 0.1) is 0 Å². The Morgan fingerprint density at radius 3 is 2.08 bits per heavy atom. The van der Waals surface area contributed by atoms with Crippen molar-refractivity contribution in [1.82, 2.24) is 0 Å². The summed E-state index contributed by atoms with van der Waals surface area (Å²) in [6.45, 7) is 9.80. The average Bonchev–Trinajstić information content (AvgIpc) is 2.56. The van der Waals surface area contributed by atoms with E-state index in [9.17, 15) is 5.11 Å². The molecule has 0 saturated carbocycles. The Kier molecular flexibility index (Phi) is 5.19. The third kappa shape index (κ3) is 3.54. The number of aliphatic hydroxyl groups excluding tert-OH is 1. The zero-order chi connectivity index (χ0) is 17.9. The molecule has 24 heavy (non-hydrogen) atoms. The number of benzene rings is 2. The molecule has 0 spiro atoms. The number of hydrogen-bond acceptors (Lipinski definition) is 4. The summed E-state index contributed by atoms with van der Waals surface area (Å²) in [6.07, 6.45) is 0.908. The van der Waals surface area contributed by atoms with Crippen molar-refractivity contribution < 1.29 is 20.1 Å². The van der Waals surface area contributed by atoms with Crippen molar-refractivity contribution in [2.45, 2.75) is 27.2 Å². The normalized spacial score (nSPS) is 12.9. The summed E-state index contributed by atoms with van der Waals surface area (Å²) >= 11 is 0. The molecule has 126 valence electrons. The predicted molar refractivity (Wildman–Crippen MR) is 95.3 cm³/mol. The first-order chi connectivity index (χ1) is 11.3. The molecule has 2 aromatic rings. The molecule has 0 aliphatic carbocycles. The maximum Gasteiger partial charge on any atom is 0.161 e. The lowest BCUT2D eigenvalue weighted by molar-refractivity contribution is 0.342. The number of aryl methyl sites for hydroxylation is 2. The summed E-state index contributed by atoms with van der Waals surface area (Å²) in [5.74, 6) is 1.37. The number of phenolic OH excluding ortho intramolecular Hbond substituents is 2. The van der Waals surface area contributed by atoms with E-state index in [0.29, 0.717) is 11.3 Å². The summed E-state index contributed by atoms with van der Waals surface area (Å²) in [7, 11) is 0. The molecule has 1 aliphatic rings. The number of aromatic hydroxyl groups is 2. The van der Waals surface area contributed by atoms with Gasteiger partial charge in [0.2, 0.25) is 0 Å². The molecule has 0 radical (unpaired) electrons. The van der Waals surface area contributed by atoms with Crippen molar-refractivity contribution in [3.63, 3.8) is 0 Å². The quantitative estimate of drug-likeness (QED) is 0.655. The lowest BCUT2D eigenvalue weighted by atomic mass is 9.95. The van der Waals surface area contributed by atoms with Gasteiger partial charge in [-0.2, -0.15) is 0 Å². The van der Waals surface area contributed by atoms with Gasteiger partial charge in [0.15, 0.2) is 17.3 Å². The van der Waals surface area contributed by atoms with Crippen LogP contribution in [-0.4, -0.2) is 15.3 Å². The maximum absolute atomic E-state index is 9.80. The minimum absolute atomic E-state index is 0.0764. The summed E-state index contributed by atoms with van der Waals surface area (Å²) in [4.78, 5) is 0. The Bertz CT molecular complexity index is 782. The van der Waals surface area contributed by atoms with E-state index in [4.69, 9.17) is 14.9 Å². The van der Waals surface area contributed by atoms with Gasteiger partial charge in [-0.15, -0.1) is 0 Å². The molecule has 0 bridgehead atoms. The molecule has 0 atom stereocenters. The summed E-state index contributed by atoms with van der Waals surface area (Å²) in [6, 6.07) is 10.3. The number of allylic oxidation sites excluding steroid dienone is 2. The van der Waals surface area contributed by atoms with E-state index in [0.717, 1.165) is 28.9 Å². The first-order valence-electron chi connectivity index (χ1n) is 7.73. The molecule has 3 rings (SSSR count). The zero-order valence-electron chi connectivity index (χ0n) is 14.1. The SMILES string of the molecule is C=C1C(O)=C(C)Oc2c(CC)cc(C)cc21.Oc1ccccc1O. The van der Waals surface area contributed by atoms with E-state index in [1.807, 2.05) is 13.0 Å². The van der Waals surface area contributed by atoms with Crippen LogP contribution in [0.5, 0.6) is 17.2 Å². The van der Waals surface area contributed by atoms with E-state index in [-0.39, 0.29) is 17.3 Å². The van der Waals surface area contributed by atoms with E-state index >= 15 is 0 Å². The Morgan fingerprint density at radius 1 is 1.00 bits per heavy atom. The third-order valence-corrected chi connectivity index (χ3v) is 3.77. The van der Waals surface area contributed by atoms with Gasteiger partial charge in [-0.3, -0.25) is 0 Å². The molecule has 4 nitrogen and oxygen atoms in total. The minimum Gasteiger partial charge on any atom is -0.504 e. The van der Waals surface area contributed by atoms with Gasteiger partial charge in [-0.1, -0.05) is 31.7 Å². The number of hydrogen-bond donors (Lipinski definition) is 3. The van der Waals surface area contributed by atoms with Crippen LogP contribution >= 0.6 is 0 Å². The van der Waals surface area contributed by atoms with Crippen LogP contribution in [0.15, 0.2) is 54.5 Å². The van der Waals surface area contributed by atoms with Gasteiger partial charge < -0.3 is 20.1 Å². The van der Waals surface area contributed by atoms with Crippen LogP contribution in [0.4, 0.5) is 0 Å². The highest BCUT2D eigenvalue weighted by Gasteiger charge is 2.22. The number of aliphatic hydroxyl groups is 1. The van der Waals surface area contributed by atoms with Crippen LogP contribution in [0.3, 0.4) is 0 Å². The van der Waals surface area contributed by atoms with E-state index in [1.54, 1.807) is 19.1 Å². The van der Waals surface area contributed by atoms with Crippen LogP contribution in [-0.2, 0) is 6.42 Å². The predicted octanol–water partition coefficient (Wildman–Crippen LogP) is 4.85. The molecule has 0 fully saturated rings. The fourth-order valence-electron chi connectivity index (χ4n) is 2.46. The summed E-state index contributed by atoms with van der Waals surface area (Å²) in [5, 5.41) is 27.1. The zero-order valence-corrected chi connectivity index (χ0v) is 14.1. The van der Waals surface area contributed by atoms with Crippen LogP contribution in [0, 0.1) is 6.92 Å². The molecule has 0 amide bonds. The number of fused-ring (bicyclic) bond motifs is 1.